The molecule has 23 heavy (non-hydrogen) atoms. The molecule has 1 heterocycles. The van der Waals surface area contributed by atoms with Gasteiger partial charge in [0.15, 0.2) is 11.0 Å². The number of carbonyl (C=O) groups excluding carboxylic acids is 1. The van der Waals surface area contributed by atoms with Crippen LogP contribution in [-0.4, -0.2) is 46.6 Å². The summed E-state index contributed by atoms with van der Waals surface area (Å²) in [6, 6.07) is 8.33. The summed E-state index contributed by atoms with van der Waals surface area (Å²) in [6.45, 7) is 6.27. The number of anilines is 1. The maximum atomic E-state index is 11.3. The maximum absolute atomic E-state index is 11.3. The Kier molecular flexibility index (Phi) is 6.04. The number of nitrogens with one attached hydrogen (secondary N) is 1. The van der Waals surface area contributed by atoms with E-state index in [1.165, 1.54) is 17.4 Å². The Hall–Kier alpha value is -2.02. The molecular formula is C16H23N5OS. The third kappa shape index (κ3) is 4.04. The van der Waals surface area contributed by atoms with Crippen molar-refractivity contribution in [3.05, 3.63) is 24.3 Å². The van der Waals surface area contributed by atoms with Gasteiger partial charge in [-0.15, -0.1) is 10.2 Å². The summed E-state index contributed by atoms with van der Waals surface area (Å²) in [5.41, 5.74) is 2.22. The first-order chi connectivity index (χ1) is 11.1. The SMILES string of the molecule is CCN(CC)c1ccc(-c2nnc(SCC(=O)NC)n2C)cc1. The summed E-state index contributed by atoms with van der Waals surface area (Å²) in [6.07, 6.45) is 0. The average Bonchev–Trinajstić information content (AvgIpc) is 2.95. The molecule has 0 atom stereocenters. The largest absolute Gasteiger partial charge is 0.372 e. The molecule has 0 unspecified atom stereocenters. The van der Waals surface area contributed by atoms with E-state index in [9.17, 15) is 4.79 Å². The molecule has 0 aliphatic carbocycles. The van der Waals surface area contributed by atoms with Crippen LogP contribution in [-0.2, 0) is 11.8 Å². The van der Waals surface area contributed by atoms with Crippen LogP contribution in [0.1, 0.15) is 13.8 Å². The summed E-state index contributed by atoms with van der Waals surface area (Å²) in [7, 11) is 3.54. The Morgan fingerprint density at radius 2 is 1.87 bits per heavy atom. The number of nitrogens with zero attached hydrogens (tertiary/aromatic N) is 4. The number of hydrogen-bond acceptors (Lipinski definition) is 5. The van der Waals surface area contributed by atoms with Crippen LogP contribution in [0.3, 0.4) is 0 Å². The normalized spacial score (nSPS) is 10.6. The highest BCUT2D eigenvalue weighted by atomic mass is 32.2. The molecular weight excluding hydrogens is 310 g/mol. The summed E-state index contributed by atoms with van der Waals surface area (Å²) in [5, 5.41) is 11.8. The second-order valence-corrected chi connectivity index (χ2v) is 5.99. The fourth-order valence-electron chi connectivity index (χ4n) is 2.30. The molecule has 0 saturated carbocycles. The molecule has 0 aliphatic rings. The molecule has 0 fully saturated rings. The number of rotatable bonds is 7. The predicted octanol–water partition coefficient (Wildman–Crippen LogP) is 2.17. The molecule has 7 heteroatoms. The van der Waals surface area contributed by atoms with Gasteiger partial charge in [0.2, 0.25) is 5.91 Å². The molecule has 0 radical (unpaired) electrons. The Bertz CT molecular complexity index is 649. The minimum absolute atomic E-state index is 0.0249. The van der Waals surface area contributed by atoms with Crippen LogP contribution in [0.25, 0.3) is 11.4 Å². The molecule has 2 rings (SSSR count). The fraction of sp³-hybridized carbons (Fsp3) is 0.438. The van der Waals surface area contributed by atoms with E-state index in [1.807, 2.05) is 11.6 Å². The van der Waals surface area contributed by atoms with Gasteiger partial charge < -0.3 is 14.8 Å². The zero-order chi connectivity index (χ0) is 16.8. The summed E-state index contributed by atoms with van der Waals surface area (Å²) in [4.78, 5) is 13.6. The number of thioether (sulfide) groups is 1. The lowest BCUT2D eigenvalue weighted by Crippen LogP contribution is -2.21. The highest BCUT2D eigenvalue weighted by Crippen LogP contribution is 2.24. The standard InChI is InChI=1S/C16H23N5OS/c1-5-21(6-2)13-9-7-12(8-10-13)15-18-19-16(20(15)4)23-11-14(22)17-3/h7-10H,5-6,11H2,1-4H3,(H,17,22). The Morgan fingerprint density at radius 3 is 2.43 bits per heavy atom. The number of amides is 1. The highest BCUT2D eigenvalue weighted by Gasteiger charge is 2.13. The van der Waals surface area contributed by atoms with Gasteiger partial charge in [-0.3, -0.25) is 4.79 Å². The van der Waals surface area contributed by atoms with Gasteiger partial charge in [-0.25, -0.2) is 0 Å². The smallest absolute Gasteiger partial charge is 0.230 e. The van der Waals surface area contributed by atoms with Gasteiger partial charge in [0.25, 0.3) is 0 Å². The molecule has 1 aromatic carbocycles. The van der Waals surface area contributed by atoms with Gasteiger partial charge in [0.1, 0.15) is 0 Å². The lowest BCUT2D eigenvalue weighted by atomic mass is 10.2. The first-order valence-corrected chi connectivity index (χ1v) is 8.67. The van der Waals surface area contributed by atoms with Crippen LogP contribution in [0.5, 0.6) is 0 Å². The lowest BCUT2D eigenvalue weighted by molar-refractivity contribution is -0.118. The third-order valence-electron chi connectivity index (χ3n) is 3.70. The lowest BCUT2D eigenvalue weighted by Gasteiger charge is -2.21. The number of hydrogen-bond donors (Lipinski definition) is 1. The molecule has 0 aliphatic heterocycles. The number of aromatic nitrogens is 3. The molecule has 1 aromatic heterocycles. The first-order valence-electron chi connectivity index (χ1n) is 7.68. The predicted molar refractivity (Wildman–Crippen MR) is 94.8 cm³/mol. The second-order valence-electron chi connectivity index (χ2n) is 5.05. The zero-order valence-corrected chi connectivity index (χ0v) is 14.9. The van der Waals surface area contributed by atoms with Crippen LogP contribution >= 0.6 is 11.8 Å². The monoisotopic (exact) mass is 333 g/mol. The quantitative estimate of drug-likeness (QED) is 0.787. The second kappa shape index (κ2) is 8.01. The van der Waals surface area contributed by atoms with Crippen molar-refractivity contribution in [2.45, 2.75) is 19.0 Å². The molecule has 2 aromatic rings. The van der Waals surface area contributed by atoms with Crippen molar-refractivity contribution in [1.82, 2.24) is 20.1 Å². The van der Waals surface area contributed by atoms with Gasteiger partial charge in [0.05, 0.1) is 5.75 Å². The molecule has 6 nitrogen and oxygen atoms in total. The van der Waals surface area contributed by atoms with E-state index >= 15 is 0 Å². The number of benzene rings is 1. The van der Waals surface area contributed by atoms with Crippen LogP contribution in [0.4, 0.5) is 5.69 Å². The summed E-state index contributed by atoms with van der Waals surface area (Å²) in [5.74, 6) is 1.11. The van der Waals surface area contributed by atoms with Gasteiger partial charge in [0, 0.05) is 38.4 Å². The minimum Gasteiger partial charge on any atom is -0.372 e. The molecule has 124 valence electrons. The minimum atomic E-state index is -0.0249. The van der Waals surface area contributed by atoms with Crippen LogP contribution in [0.2, 0.25) is 0 Å². The van der Waals surface area contributed by atoms with E-state index in [2.05, 4.69) is 58.5 Å². The first kappa shape index (κ1) is 17.3. The van der Waals surface area contributed by atoms with Crippen molar-refractivity contribution in [3.63, 3.8) is 0 Å². The van der Waals surface area contributed by atoms with E-state index < -0.39 is 0 Å². The third-order valence-corrected chi connectivity index (χ3v) is 4.72. The van der Waals surface area contributed by atoms with E-state index in [0.717, 1.165) is 29.6 Å². The fourth-order valence-corrected chi connectivity index (χ4v) is 3.09. The maximum Gasteiger partial charge on any atom is 0.230 e. The van der Waals surface area contributed by atoms with Crippen molar-refractivity contribution < 1.29 is 4.79 Å². The van der Waals surface area contributed by atoms with Crippen LogP contribution in [0, 0.1) is 0 Å². The van der Waals surface area contributed by atoms with Gasteiger partial charge in [-0.05, 0) is 38.1 Å². The van der Waals surface area contributed by atoms with Crippen molar-refractivity contribution >= 4 is 23.4 Å². The van der Waals surface area contributed by atoms with Gasteiger partial charge in [-0.1, -0.05) is 11.8 Å². The Morgan fingerprint density at radius 1 is 1.22 bits per heavy atom. The van der Waals surface area contributed by atoms with Crippen molar-refractivity contribution in [2.24, 2.45) is 7.05 Å². The van der Waals surface area contributed by atoms with E-state index in [4.69, 9.17) is 0 Å². The van der Waals surface area contributed by atoms with Gasteiger partial charge >= 0.3 is 0 Å². The molecule has 0 spiro atoms. The van der Waals surface area contributed by atoms with Crippen molar-refractivity contribution in [3.8, 4) is 11.4 Å². The van der Waals surface area contributed by atoms with Crippen molar-refractivity contribution in [1.29, 1.82) is 0 Å². The summed E-state index contributed by atoms with van der Waals surface area (Å²) >= 11 is 1.38. The van der Waals surface area contributed by atoms with E-state index in [0.29, 0.717) is 5.75 Å². The van der Waals surface area contributed by atoms with E-state index in [-0.39, 0.29) is 5.91 Å². The Labute approximate surface area is 141 Å². The molecule has 1 N–H and O–H groups in total. The topological polar surface area (TPSA) is 63.1 Å². The average molecular weight is 333 g/mol. The van der Waals surface area contributed by atoms with Crippen molar-refractivity contribution in [2.75, 3.05) is 30.8 Å². The van der Waals surface area contributed by atoms with E-state index in [1.54, 1.807) is 7.05 Å². The molecule has 0 saturated heterocycles. The highest BCUT2D eigenvalue weighted by molar-refractivity contribution is 7.99. The van der Waals surface area contributed by atoms with Gasteiger partial charge in [-0.2, -0.15) is 0 Å². The van der Waals surface area contributed by atoms with Crippen LogP contribution < -0.4 is 10.2 Å². The summed E-state index contributed by atoms with van der Waals surface area (Å²) < 4.78 is 1.92. The number of carbonyl (C=O) groups is 1. The van der Waals surface area contributed by atoms with Crippen LogP contribution in [0.15, 0.2) is 29.4 Å². The Balaban J connectivity index is 2.16. The molecule has 0 bridgehead atoms. The zero-order valence-electron chi connectivity index (χ0n) is 14.0. The molecule has 1 amide bonds.